The third kappa shape index (κ3) is 9.03. The first-order valence-corrected chi connectivity index (χ1v) is 9.64. The average molecular weight is 516 g/mol. The van der Waals surface area contributed by atoms with Crippen LogP contribution in [0.15, 0.2) is 39.9 Å². The molecule has 0 radical (unpaired) electrons. The highest BCUT2D eigenvalue weighted by Crippen LogP contribution is 2.23. The van der Waals surface area contributed by atoms with Gasteiger partial charge in [0.1, 0.15) is 18.1 Å². The molecule has 1 heterocycles. The van der Waals surface area contributed by atoms with Gasteiger partial charge in [0.25, 0.3) is 0 Å². The number of halogens is 1. The number of ether oxygens (including phenoxy) is 2. The van der Waals surface area contributed by atoms with Crippen molar-refractivity contribution in [3.63, 3.8) is 0 Å². The number of rotatable bonds is 9. The summed E-state index contributed by atoms with van der Waals surface area (Å²) >= 11 is 0. The molecule has 7 nitrogen and oxygen atoms in total. The summed E-state index contributed by atoms with van der Waals surface area (Å²) in [5.74, 6) is 2.92. The van der Waals surface area contributed by atoms with E-state index in [4.69, 9.17) is 13.9 Å². The summed E-state index contributed by atoms with van der Waals surface area (Å²) in [5.41, 5.74) is 0.827. The van der Waals surface area contributed by atoms with Crippen LogP contribution < -0.4 is 15.4 Å². The molecule has 0 atom stereocenters. The van der Waals surface area contributed by atoms with E-state index in [2.05, 4.69) is 41.4 Å². The molecule has 0 aliphatic carbocycles. The van der Waals surface area contributed by atoms with Crippen LogP contribution in [0, 0.1) is 0 Å². The highest BCUT2D eigenvalue weighted by Gasteiger charge is 2.19. The van der Waals surface area contributed by atoms with Gasteiger partial charge in [0.15, 0.2) is 5.96 Å². The van der Waals surface area contributed by atoms with E-state index in [0.29, 0.717) is 31.6 Å². The molecule has 0 aliphatic heterocycles. The van der Waals surface area contributed by atoms with Gasteiger partial charge in [-0.25, -0.2) is 9.98 Å². The lowest BCUT2D eigenvalue weighted by atomic mass is 9.94. The molecule has 29 heavy (non-hydrogen) atoms. The number of anilines is 1. The van der Waals surface area contributed by atoms with Gasteiger partial charge >= 0.3 is 0 Å². The quantitative estimate of drug-likeness (QED) is 0.220. The minimum absolute atomic E-state index is 0. The summed E-state index contributed by atoms with van der Waals surface area (Å²) < 4.78 is 16.6. The molecule has 0 amide bonds. The summed E-state index contributed by atoms with van der Waals surface area (Å²) in [7, 11) is 1.69. The number of nitrogens with zero attached hydrogens (tertiary/aromatic N) is 2. The number of benzene rings is 1. The Hall–Kier alpha value is -1.81. The Morgan fingerprint density at radius 2 is 2.03 bits per heavy atom. The van der Waals surface area contributed by atoms with Gasteiger partial charge in [-0.3, -0.25) is 0 Å². The molecule has 0 aliphatic rings. The van der Waals surface area contributed by atoms with Crippen LogP contribution in [0.2, 0.25) is 0 Å². The summed E-state index contributed by atoms with van der Waals surface area (Å²) in [5, 5.41) is 6.52. The molecule has 2 aromatic rings. The number of guanidine groups is 1. The topological polar surface area (TPSA) is 80.9 Å². The lowest BCUT2D eigenvalue weighted by Crippen LogP contribution is -2.30. The number of aliphatic imine (C=N–C) groups is 1. The van der Waals surface area contributed by atoms with Gasteiger partial charge in [0, 0.05) is 43.9 Å². The van der Waals surface area contributed by atoms with E-state index in [1.807, 2.05) is 31.2 Å². The summed E-state index contributed by atoms with van der Waals surface area (Å²) in [6.07, 6.45) is 2.63. The molecule has 0 fully saturated rings. The van der Waals surface area contributed by atoms with E-state index in [1.165, 1.54) is 0 Å². The van der Waals surface area contributed by atoms with Crippen molar-refractivity contribution in [1.82, 2.24) is 10.3 Å². The molecule has 8 heteroatoms. The smallest absolute Gasteiger partial charge is 0.216 e. The second kappa shape index (κ2) is 12.7. The molecule has 0 bridgehead atoms. The van der Waals surface area contributed by atoms with E-state index in [1.54, 1.807) is 13.3 Å². The molecule has 1 aromatic carbocycles. The third-order valence-corrected chi connectivity index (χ3v) is 3.87. The second-order valence-corrected chi connectivity index (χ2v) is 7.41. The Kier molecular flexibility index (Phi) is 11.0. The van der Waals surface area contributed by atoms with Crippen LogP contribution in [0.5, 0.6) is 5.75 Å². The first-order valence-electron chi connectivity index (χ1n) is 9.64. The van der Waals surface area contributed by atoms with Crippen LogP contribution in [0.3, 0.4) is 0 Å². The maximum atomic E-state index is 5.81. The number of methoxy groups -OCH3 is 1. The van der Waals surface area contributed by atoms with Crippen molar-refractivity contribution < 1.29 is 13.9 Å². The summed E-state index contributed by atoms with van der Waals surface area (Å²) in [6.45, 7) is 10.7. The minimum Gasteiger partial charge on any atom is -0.493 e. The van der Waals surface area contributed by atoms with Gasteiger partial charge in [0.05, 0.1) is 12.8 Å². The number of hydrogen-bond donors (Lipinski definition) is 2. The SMILES string of the molecule is CCNC(=NCc1ncc(C(C)(C)C)o1)Nc1cccc(OCCCOC)c1.I. The van der Waals surface area contributed by atoms with Gasteiger partial charge in [-0.05, 0) is 19.1 Å². The minimum atomic E-state index is -0.0680. The van der Waals surface area contributed by atoms with E-state index < -0.39 is 0 Å². The van der Waals surface area contributed by atoms with Gasteiger partial charge in [-0.15, -0.1) is 24.0 Å². The van der Waals surface area contributed by atoms with Crippen molar-refractivity contribution in [3.05, 3.63) is 42.1 Å². The lowest BCUT2D eigenvalue weighted by molar-refractivity contribution is 0.172. The van der Waals surface area contributed by atoms with Crippen molar-refractivity contribution >= 4 is 35.6 Å². The van der Waals surface area contributed by atoms with Crippen LogP contribution in [0.4, 0.5) is 5.69 Å². The Balaban J connectivity index is 0.00000420. The molecule has 0 unspecified atom stereocenters. The van der Waals surface area contributed by atoms with Crippen LogP contribution in [0.1, 0.15) is 45.8 Å². The molecule has 162 valence electrons. The van der Waals surface area contributed by atoms with Gasteiger partial charge in [-0.1, -0.05) is 26.8 Å². The van der Waals surface area contributed by atoms with Crippen molar-refractivity contribution in [2.75, 3.05) is 32.2 Å². The van der Waals surface area contributed by atoms with E-state index >= 15 is 0 Å². The first-order chi connectivity index (χ1) is 13.4. The van der Waals surface area contributed by atoms with Gasteiger partial charge in [-0.2, -0.15) is 0 Å². The van der Waals surface area contributed by atoms with Crippen LogP contribution in [0.25, 0.3) is 0 Å². The maximum absolute atomic E-state index is 5.81. The fourth-order valence-corrected chi connectivity index (χ4v) is 2.38. The zero-order valence-electron chi connectivity index (χ0n) is 17.9. The predicted octanol–water partition coefficient (Wildman–Crippen LogP) is 4.58. The average Bonchev–Trinajstić information content (AvgIpc) is 3.13. The zero-order valence-corrected chi connectivity index (χ0v) is 20.3. The van der Waals surface area contributed by atoms with Crippen LogP contribution in [-0.4, -0.2) is 37.8 Å². The molecule has 0 spiro atoms. The van der Waals surface area contributed by atoms with Crippen molar-refractivity contribution in [2.45, 2.75) is 46.1 Å². The van der Waals surface area contributed by atoms with Gasteiger partial charge in [0.2, 0.25) is 5.89 Å². The fourth-order valence-electron chi connectivity index (χ4n) is 2.38. The Bertz CT molecular complexity index is 756. The van der Waals surface area contributed by atoms with Crippen molar-refractivity contribution in [2.24, 2.45) is 4.99 Å². The molecular formula is C21H33IN4O3. The molecule has 1 aromatic heterocycles. The molecular weight excluding hydrogens is 483 g/mol. The highest BCUT2D eigenvalue weighted by molar-refractivity contribution is 14.0. The second-order valence-electron chi connectivity index (χ2n) is 7.41. The monoisotopic (exact) mass is 516 g/mol. The number of oxazole rings is 1. The molecule has 0 saturated carbocycles. The molecule has 2 N–H and O–H groups in total. The summed E-state index contributed by atoms with van der Waals surface area (Å²) in [4.78, 5) is 8.90. The summed E-state index contributed by atoms with van der Waals surface area (Å²) in [6, 6.07) is 7.80. The third-order valence-electron chi connectivity index (χ3n) is 3.87. The maximum Gasteiger partial charge on any atom is 0.216 e. The molecule has 2 rings (SSSR count). The Morgan fingerprint density at radius 1 is 1.24 bits per heavy atom. The standard InChI is InChI=1S/C21H32N4O3.HI/c1-6-22-20(24-15-19-23-14-18(28-19)21(2,3)4)25-16-9-7-10-17(13-16)27-12-8-11-26-5;/h7,9-10,13-14H,6,8,11-12,15H2,1-5H3,(H2,22,24,25);1H. The Morgan fingerprint density at radius 3 is 2.69 bits per heavy atom. The van der Waals surface area contributed by atoms with Crippen molar-refractivity contribution in [1.29, 1.82) is 0 Å². The highest BCUT2D eigenvalue weighted by atomic mass is 127. The van der Waals surface area contributed by atoms with Crippen LogP contribution >= 0.6 is 24.0 Å². The van der Waals surface area contributed by atoms with Crippen LogP contribution in [-0.2, 0) is 16.7 Å². The fraction of sp³-hybridized carbons (Fsp3) is 0.524. The van der Waals surface area contributed by atoms with Gasteiger partial charge < -0.3 is 24.5 Å². The van der Waals surface area contributed by atoms with E-state index in [0.717, 1.165) is 30.2 Å². The zero-order chi connectivity index (χ0) is 20.4. The van der Waals surface area contributed by atoms with Crippen molar-refractivity contribution in [3.8, 4) is 5.75 Å². The molecule has 0 saturated heterocycles. The number of nitrogens with one attached hydrogen (secondary N) is 2. The lowest BCUT2D eigenvalue weighted by Gasteiger charge is -2.13. The largest absolute Gasteiger partial charge is 0.493 e. The number of aromatic nitrogens is 1. The number of hydrogen-bond acceptors (Lipinski definition) is 5. The van der Waals surface area contributed by atoms with E-state index in [9.17, 15) is 0 Å². The van der Waals surface area contributed by atoms with E-state index in [-0.39, 0.29) is 29.4 Å². The Labute approximate surface area is 190 Å². The first kappa shape index (κ1) is 25.2. The normalized spacial score (nSPS) is 11.7. The predicted molar refractivity (Wildman–Crippen MR) is 127 cm³/mol.